The summed E-state index contributed by atoms with van der Waals surface area (Å²) < 4.78 is 14.4. The third-order valence-corrected chi connectivity index (χ3v) is 4.23. The molecule has 0 bridgehead atoms. The standard InChI is InChI=1S/C14H18BrFN2O.ClH/c1-9(17)10-4-6-18(7-5-10)14(19)12-3-2-11(15)8-13(12)16;/h2-3,8-10H,4-7,17H2,1H3;1H. The van der Waals surface area contributed by atoms with Gasteiger partial charge in [0, 0.05) is 23.6 Å². The van der Waals surface area contributed by atoms with Gasteiger partial charge in [0.25, 0.3) is 5.91 Å². The van der Waals surface area contributed by atoms with Crippen molar-refractivity contribution < 1.29 is 9.18 Å². The lowest BCUT2D eigenvalue weighted by molar-refractivity contribution is 0.0676. The van der Waals surface area contributed by atoms with Gasteiger partial charge in [0.1, 0.15) is 5.82 Å². The lowest BCUT2D eigenvalue weighted by atomic mass is 9.90. The zero-order valence-corrected chi connectivity index (χ0v) is 13.7. The topological polar surface area (TPSA) is 46.3 Å². The molecule has 1 aliphatic rings. The van der Waals surface area contributed by atoms with Gasteiger partial charge >= 0.3 is 0 Å². The van der Waals surface area contributed by atoms with Gasteiger partial charge < -0.3 is 10.6 Å². The third-order valence-electron chi connectivity index (χ3n) is 3.73. The van der Waals surface area contributed by atoms with Crippen LogP contribution in [0.3, 0.4) is 0 Å². The molecule has 2 rings (SSSR count). The lowest BCUT2D eigenvalue weighted by Crippen LogP contribution is -2.42. The fraction of sp³-hybridized carbons (Fsp3) is 0.500. The van der Waals surface area contributed by atoms with Gasteiger partial charge in [-0.25, -0.2) is 4.39 Å². The maximum Gasteiger partial charge on any atom is 0.256 e. The van der Waals surface area contributed by atoms with Crippen LogP contribution in [0.4, 0.5) is 4.39 Å². The highest BCUT2D eigenvalue weighted by Crippen LogP contribution is 2.22. The van der Waals surface area contributed by atoms with Gasteiger partial charge in [-0.3, -0.25) is 4.79 Å². The molecule has 0 spiro atoms. The number of hydrogen-bond acceptors (Lipinski definition) is 2. The lowest BCUT2D eigenvalue weighted by Gasteiger charge is -2.33. The van der Waals surface area contributed by atoms with E-state index in [1.807, 2.05) is 6.92 Å². The predicted molar refractivity (Wildman–Crippen MR) is 83.6 cm³/mol. The van der Waals surface area contributed by atoms with E-state index < -0.39 is 5.82 Å². The number of piperidine rings is 1. The number of amides is 1. The molecule has 1 aromatic carbocycles. The van der Waals surface area contributed by atoms with Gasteiger partial charge in [0.15, 0.2) is 0 Å². The molecular formula is C14H19BrClFN2O. The van der Waals surface area contributed by atoms with Crippen LogP contribution in [0.25, 0.3) is 0 Å². The first-order valence-electron chi connectivity index (χ1n) is 6.49. The second-order valence-corrected chi connectivity index (χ2v) is 6.03. The van der Waals surface area contributed by atoms with Crippen LogP contribution < -0.4 is 5.73 Å². The van der Waals surface area contributed by atoms with Gasteiger partial charge in [-0.1, -0.05) is 15.9 Å². The van der Waals surface area contributed by atoms with E-state index in [9.17, 15) is 9.18 Å². The summed E-state index contributed by atoms with van der Waals surface area (Å²) in [4.78, 5) is 14.0. The quantitative estimate of drug-likeness (QED) is 0.875. The van der Waals surface area contributed by atoms with Crippen molar-refractivity contribution in [2.45, 2.75) is 25.8 Å². The number of benzene rings is 1. The molecule has 112 valence electrons. The van der Waals surface area contributed by atoms with Crippen molar-refractivity contribution in [3.05, 3.63) is 34.1 Å². The van der Waals surface area contributed by atoms with Crippen molar-refractivity contribution in [3.8, 4) is 0 Å². The van der Waals surface area contributed by atoms with Crippen LogP contribution in [0.5, 0.6) is 0 Å². The Hall–Kier alpha value is -0.650. The average Bonchev–Trinajstić information content (AvgIpc) is 2.38. The van der Waals surface area contributed by atoms with Crippen LogP contribution in [0.15, 0.2) is 22.7 Å². The summed E-state index contributed by atoms with van der Waals surface area (Å²) in [5.74, 6) is -0.249. The van der Waals surface area contributed by atoms with E-state index in [1.165, 1.54) is 12.1 Å². The smallest absolute Gasteiger partial charge is 0.256 e. The number of hydrogen-bond donors (Lipinski definition) is 1. The van der Waals surface area contributed by atoms with Crippen LogP contribution in [0.2, 0.25) is 0 Å². The first-order chi connectivity index (χ1) is 8.99. The van der Waals surface area contributed by atoms with Crippen LogP contribution in [0, 0.1) is 11.7 Å². The van der Waals surface area contributed by atoms with E-state index in [0.717, 1.165) is 12.8 Å². The molecule has 2 N–H and O–H groups in total. The fourth-order valence-corrected chi connectivity index (χ4v) is 2.79. The molecular weight excluding hydrogens is 347 g/mol. The van der Waals surface area contributed by atoms with Crippen molar-refractivity contribution in [2.75, 3.05) is 13.1 Å². The first-order valence-corrected chi connectivity index (χ1v) is 7.28. The molecule has 0 aliphatic carbocycles. The van der Waals surface area contributed by atoms with Crippen molar-refractivity contribution in [2.24, 2.45) is 11.7 Å². The Morgan fingerprint density at radius 2 is 2.05 bits per heavy atom. The predicted octanol–water partition coefficient (Wildman–Crippen LogP) is 3.21. The van der Waals surface area contributed by atoms with E-state index in [1.54, 1.807) is 11.0 Å². The molecule has 0 saturated carbocycles. The minimum absolute atomic E-state index is 0. The van der Waals surface area contributed by atoms with Crippen LogP contribution in [0.1, 0.15) is 30.1 Å². The summed E-state index contributed by atoms with van der Waals surface area (Å²) in [7, 11) is 0. The molecule has 3 nitrogen and oxygen atoms in total. The molecule has 20 heavy (non-hydrogen) atoms. The van der Waals surface area contributed by atoms with E-state index in [-0.39, 0.29) is 29.9 Å². The maximum atomic E-state index is 13.8. The summed E-state index contributed by atoms with van der Waals surface area (Å²) in [6.07, 6.45) is 1.78. The number of carbonyl (C=O) groups is 1. The summed E-state index contributed by atoms with van der Waals surface area (Å²) in [5.41, 5.74) is 6.01. The zero-order valence-electron chi connectivity index (χ0n) is 11.3. The van der Waals surface area contributed by atoms with Crippen LogP contribution in [-0.2, 0) is 0 Å². The van der Waals surface area contributed by atoms with Crippen LogP contribution >= 0.6 is 28.3 Å². The van der Waals surface area contributed by atoms with Crippen LogP contribution in [-0.4, -0.2) is 29.9 Å². The molecule has 1 atom stereocenters. The highest BCUT2D eigenvalue weighted by atomic mass is 79.9. The van der Waals surface area contributed by atoms with Gasteiger partial charge in [-0.15, -0.1) is 12.4 Å². The molecule has 0 radical (unpaired) electrons. The number of nitrogens with zero attached hydrogens (tertiary/aromatic N) is 1. The summed E-state index contributed by atoms with van der Waals surface area (Å²) >= 11 is 3.19. The van der Waals surface area contributed by atoms with Crippen molar-refractivity contribution in [1.82, 2.24) is 4.90 Å². The second-order valence-electron chi connectivity index (χ2n) is 5.11. The number of nitrogens with two attached hydrogens (primary N) is 1. The number of likely N-dealkylation sites (tertiary alicyclic amines) is 1. The fourth-order valence-electron chi connectivity index (χ4n) is 2.46. The summed E-state index contributed by atoms with van der Waals surface area (Å²) in [6, 6.07) is 4.69. The Bertz CT molecular complexity index is 476. The minimum atomic E-state index is -0.478. The second kappa shape index (κ2) is 7.38. The van der Waals surface area contributed by atoms with Gasteiger partial charge in [0.2, 0.25) is 0 Å². The number of rotatable bonds is 2. The zero-order chi connectivity index (χ0) is 14.0. The average molecular weight is 366 g/mol. The Morgan fingerprint density at radius 1 is 1.45 bits per heavy atom. The molecule has 1 aliphatic heterocycles. The maximum absolute atomic E-state index is 13.8. The van der Waals surface area contributed by atoms with E-state index in [0.29, 0.717) is 23.5 Å². The van der Waals surface area contributed by atoms with E-state index >= 15 is 0 Å². The molecule has 1 aromatic rings. The summed E-state index contributed by atoms with van der Waals surface area (Å²) in [5, 5.41) is 0. The van der Waals surface area contributed by atoms with Crippen molar-refractivity contribution >= 4 is 34.2 Å². The van der Waals surface area contributed by atoms with E-state index in [4.69, 9.17) is 5.73 Å². The molecule has 6 heteroatoms. The monoisotopic (exact) mass is 364 g/mol. The normalized spacial score (nSPS) is 17.5. The Morgan fingerprint density at radius 3 is 2.55 bits per heavy atom. The highest BCUT2D eigenvalue weighted by Gasteiger charge is 2.26. The minimum Gasteiger partial charge on any atom is -0.339 e. The molecule has 1 fully saturated rings. The van der Waals surface area contributed by atoms with Crippen molar-refractivity contribution in [3.63, 3.8) is 0 Å². The summed E-state index contributed by atoms with van der Waals surface area (Å²) in [6.45, 7) is 3.30. The van der Waals surface area contributed by atoms with Crippen molar-refractivity contribution in [1.29, 1.82) is 0 Å². The molecule has 1 heterocycles. The first kappa shape index (κ1) is 17.4. The van der Waals surface area contributed by atoms with E-state index in [2.05, 4.69) is 15.9 Å². The number of carbonyl (C=O) groups excluding carboxylic acids is 1. The third kappa shape index (κ3) is 3.93. The Labute approximate surface area is 133 Å². The SMILES string of the molecule is CC(N)C1CCN(C(=O)c2ccc(Br)cc2F)CC1.Cl. The Kier molecular flexibility index (Phi) is 6.43. The van der Waals surface area contributed by atoms with Gasteiger partial charge in [-0.05, 0) is 43.9 Å². The van der Waals surface area contributed by atoms with Gasteiger partial charge in [-0.2, -0.15) is 0 Å². The molecule has 1 saturated heterocycles. The highest BCUT2D eigenvalue weighted by molar-refractivity contribution is 9.10. The molecule has 0 aromatic heterocycles. The van der Waals surface area contributed by atoms with Gasteiger partial charge in [0.05, 0.1) is 5.56 Å². The largest absolute Gasteiger partial charge is 0.339 e. The molecule has 1 unspecified atom stereocenters. The Balaban J connectivity index is 0.00000200. The number of halogens is 3. The molecule has 1 amide bonds.